The molecule has 1 amide bonds. The van der Waals surface area contributed by atoms with Gasteiger partial charge in [0.05, 0.1) is 27.3 Å². The second kappa shape index (κ2) is 6.19. The monoisotopic (exact) mass is 306 g/mol. The zero-order chi connectivity index (χ0) is 16.2. The Bertz CT molecular complexity index is 637. The number of ether oxygens (including phenoxy) is 2. The van der Waals surface area contributed by atoms with Gasteiger partial charge >= 0.3 is 0 Å². The summed E-state index contributed by atoms with van der Waals surface area (Å²) >= 11 is 0. The average Bonchev–Trinajstić information content (AvgIpc) is 3.31. The molecule has 2 N–H and O–H groups in total. The molecule has 0 atom stereocenters. The van der Waals surface area contributed by atoms with Crippen LogP contribution in [0.25, 0.3) is 10.4 Å². The molecule has 1 aromatic carbocycles. The van der Waals surface area contributed by atoms with Crippen LogP contribution in [-0.2, 0) is 0 Å². The second-order valence-corrected chi connectivity index (χ2v) is 4.48. The van der Waals surface area contributed by atoms with E-state index in [-0.39, 0.29) is 35.9 Å². The van der Waals surface area contributed by atoms with Crippen LogP contribution in [0.15, 0.2) is 27.5 Å². The lowest BCUT2D eigenvalue weighted by Gasteiger charge is -2.12. The molecule has 0 fully saturated rings. The summed E-state index contributed by atoms with van der Waals surface area (Å²) in [5.41, 5.74) is 7.66. The van der Waals surface area contributed by atoms with Gasteiger partial charge in [-0.3, -0.25) is 4.79 Å². The largest absolute Gasteiger partial charge is 0.502 e. The van der Waals surface area contributed by atoms with Crippen molar-refractivity contribution in [3.8, 4) is 17.2 Å². The number of hydrogen-bond acceptors (Lipinski definition) is 7. The molecule has 0 aliphatic carbocycles. The summed E-state index contributed by atoms with van der Waals surface area (Å²) in [5.74, 6) is -0.369. The van der Waals surface area contributed by atoms with Crippen LogP contribution < -0.4 is 14.8 Å². The van der Waals surface area contributed by atoms with Crippen molar-refractivity contribution in [1.29, 1.82) is 0 Å². The van der Waals surface area contributed by atoms with Crippen LogP contribution in [0.1, 0.15) is 10.4 Å². The molecule has 1 aromatic rings. The fourth-order valence-corrected chi connectivity index (χ4v) is 1.75. The third-order valence-electron chi connectivity index (χ3n) is 3.04. The van der Waals surface area contributed by atoms with Crippen LogP contribution in [0.5, 0.6) is 17.2 Å². The summed E-state index contributed by atoms with van der Waals surface area (Å²) in [6.07, 6.45) is 0. The van der Waals surface area contributed by atoms with Crippen molar-refractivity contribution >= 4 is 5.91 Å². The Morgan fingerprint density at radius 3 is 2.45 bits per heavy atom. The fraction of sp³-hybridized carbons (Fsp3) is 0.417. The van der Waals surface area contributed by atoms with Gasteiger partial charge in [0.2, 0.25) is 11.4 Å². The van der Waals surface area contributed by atoms with Gasteiger partial charge in [-0.25, -0.2) is 0 Å². The molecular formula is C12H14N6O4. The SMILES string of the molecule is COc1cc(C(=O)NCC2(CN=[N+]=[N-])N=N2)cc(OC)c1O. The van der Waals surface area contributed by atoms with Crippen molar-refractivity contribution in [2.24, 2.45) is 15.3 Å². The zero-order valence-electron chi connectivity index (χ0n) is 12.0. The van der Waals surface area contributed by atoms with Crippen LogP contribution in [0.4, 0.5) is 0 Å². The number of phenols is 1. The molecule has 10 heteroatoms. The molecule has 1 aliphatic rings. The highest BCUT2D eigenvalue weighted by molar-refractivity contribution is 5.95. The lowest BCUT2D eigenvalue weighted by Crippen LogP contribution is -2.36. The standard InChI is InChI=1S/C12H14N6O4/c1-21-8-3-7(4-9(22-2)10(8)19)11(20)14-5-12(16-17-12)6-15-18-13/h3-4,19H,5-6H2,1-2H3,(H,14,20). The number of amides is 1. The average molecular weight is 306 g/mol. The van der Waals surface area contributed by atoms with Gasteiger partial charge in [-0.15, -0.1) is 0 Å². The van der Waals surface area contributed by atoms with Crippen LogP contribution in [-0.4, -0.2) is 44.0 Å². The minimum absolute atomic E-state index is 0.0476. The van der Waals surface area contributed by atoms with Gasteiger partial charge in [-0.1, -0.05) is 5.11 Å². The number of carbonyl (C=O) groups is 1. The quantitative estimate of drug-likeness (QED) is 0.448. The third kappa shape index (κ3) is 3.18. The number of benzene rings is 1. The number of carbonyl (C=O) groups excluding carboxylic acids is 1. The molecule has 10 nitrogen and oxygen atoms in total. The van der Waals surface area contributed by atoms with Crippen molar-refractivity contribution in [3.63, 3.8) is 0 Å². The molecular weight excluding hydrogens is 292 g/mol. The Morgan fingerprint density at radius 2 is 2.00 bits per heavy atom. The topological polar surface area (TPSA) is 141 Å². The van der Waals surface area contributed by atoms with Crippen LogP contribution in [0.2, 0.25) is 0 Å². The molecule has 0 saturated carbocycles. The van der Waals surface area contributed by atoms with E-state index in [2.05, 4.69) is 25.6 Å². The first-order valence-electron chi connectivity index (χ1n) is 6.23. The summed E-state index contributed by atoms with van der Waals surface area (Å²) in [6, 6.07) is 2.77. The maximum atomic E-state index is 12.1. The van der Waals surface area contributed by atoms with Gasteiger partial charge < -0.3 is 19.9 Å². The first kappa shape index (κ1) is 15.4. The number of nitrogens with one attached hydrogen (secondary N) is 1. The molecule has 116 valence electrons. The van der Waals surface area contributed by atoms with E-state index in [9.17, 15) is 9.90 Å². The summed E-state index contributed by atoms with van der Waals surface area (Å²) in [4.78, 5) is 14.8. The second-order valence-electron chi connectivity index (χ2n) is 4.48. The van der Waals surface area contributed by atoms with Gasteiger partial charge in [-0.2, -0.15) is 10.2 Å². The van der Waals surface area contributed by atoms with E-state index in [1.165, 1.54) is 26.4 Å². The zero-order valence-corrected chi connectivity index (χ0v) is 12.0. The first-order chi connectivity index (χ1) is 10.5. The van der Waals surface area contributed by atoms with Crippen molar-refractivity contribution in [2.75, 3.05) is 27.3 Å². The summed E-state index contributed by atoms with van der Waals surface area (Å²) < 4.78 is 9.97. The van der Waals surface area contributed by atoms with Crippen molar-refractivity contribution in [2.45, 2.75) is 5.66 Å². The Morgan fingerprint density at radius 1 is 1.41 bits per heavy atom. The third-order valence-corrected chi connectivity index (χ3v) is 3.04. The number of methoxy groups -OCH3 is 2. The van der Waals surface area contributed by atoms with Gasteiger partial charge in [-0.05, 0) is 17.7 Å². The smallest absolute Gasteiger partial charge is 0.251 e. The first-order valence-corrected chi connectivity index (χ1v) is 6.23. The van der Waals surface area contributed by atoms with E-state index in [4.69, 9.17) is 15.0 Å². The highest BCUT2D eigenvalue weighted by atomic mass is 16.5. The Hall–Kier alpha value is -3.00. The highest BCUT2D eigenvalue weighted by Crippen LogP contribution is 2.37. The van der Waals surface area contributed by atoms with Crippen LogP contribution >= 0.6 is 0 Å². The number of aromatic hydroxyl groups is 1. The minimum Gasteiger partial charge on any atom is -0.502 e. The number of nitrogens with zero attached hydrogens (tertiary/aromatic N) is 5. The van der Waals surface area contributed by atoms with Gasteiger partial charge in [0, 0.05) is 10.5 Å². The van der Waals surface area contributed by atoms with E-state index in [0.29, 0.717) is 0 Å². The minimum atomic E-state index is -0.868. The van der Waals surface area contributed by atoms with E-state index < -0.39 is 11.6 Å². The fourth-order valence-electron chi connectivity index (χ4n) is 1.75. The highest BCUT2D eigenvalue weighted by Gasteiger charge is 2.39. The molecule has 0 unspecified atom stereocenters. The molecule has 1 heterocycles. The number of phenolic OH excluding ortho intramolecular Hbond substituents is 1. The van der Waals surface area contributed by atoms with E-state index in [1.807, 2.05) is 0 Å². The van der Waals surface area contributed by atoms with Gasteiger partial charge in [0.1, 0.15) is 0 Å². The lowest BCUT2D eigenvalue weighted by molar-refractivity contribution is 0.0948. The maximum absolute atomic E-state index is 12.1. The lowest BCUT2D eigenvalue weighted by atomic mass is 10.1. The summed E-state index contributed by atoms with van der Waals surface area (Å²) in [7, 11) is 2.74. The maximum Gasteiger partial charge on any atom is 0.251 e. The number of azide groups is 1. The summed E-state index contributed by atoms with van der Waals surface area (Å²) in [6.45, 7) is 0.155. The molecule has 0 saturated heterocycles. The van der Waals surface area contributed by atoms with Crippen molar-refractivity contribution in [3.05, 3.63) is 28.1 Å². The molecule has 0 radical (unpaired) electrons. The Balaban J connectivity index is 2.08. The molecule has 1 aliphatic heterocycles. The van der Waals surface area contributed by atoms with Crippen molar-refractivity contribution < 1.29 is 19.4 Å². The van der Waals surface area contributed by atoms with E-state index in [1.54, 1.807) is 0 Å². The number of rotatable bonds is 7. The van der Waals surface area contributed by atoms with E-state index in [0.717, 1.165) is 0 Å². The predicted molar refractivity (Wildman–Crippen MR) is 75.1 cm³/mol. The van der Waals surface area contributed by atoms with Crippen LogP contribution in [0.3, 0.4) is 0 Å². The van der Waals surface area contributed by atoms with Crippen molar-refractivity contribution in [1.82, 2.24) is 5.32 Å². The summed E-state index contributed by atoms with van der Waals surface area (Å²) in [5, 5.41) is 23.4. The molecule has 22 heavy (non-hydrogen) atoms. The van der Waals surface area contributed by atoms with Gasteiger partial charge in [0.25, 0.3) is 5.91 Å². The predicted octanol–water partition coefficient (Wildman–Crippen LogP) is 1.61. The van der Waals surface area contributed by atoms with Gasteiger partial charge in [0.15, 0.2) is 11.5 Å². The molecule has 0 bridgehead atoms. The van der Waals surface area contributed by atoms with E-state index >= 15 is 0 Å². The molecule has 2 rings (SSSR count). The normalized spacial score (nSPS) is 13.9. The molecule has 0 spiro atoms. The molecule has 0 aromatic heterocycles. The Kier molecular flexibility index (Phi) is 4.33. The van der Waals surface area contributed by atoms with Crippen LogP contribution in [0, 0.1) is 0 Å². The number of hydrogen-bond donors (Lipinski definition) is 2. The Labute approximate surface area is 125 Å².